The molecular formula is C20H21NO2. The molecular weight excluding hydrogens is 286 g/mol. The Morgan fingerprint density at radius 1 is 1.17 bits per heavy atom. The Hall–Kier alpha value is -2.55. The van der Waals surface area contributed by atoms with Gasteiger partial charge in [0, 0.05) is 16.8 Å². The number of fused-ring (bicyclic) bond motifs is 1. The summed E-state index contributed by atoms with van der Waals surface area (Å²) in [5.74, 6) is 1.20. The number of hydrogen-bond donors (Lipinski definition) is 1. The maximum Gasteiger partial charge on any atom is 0.256 e. The molecule has 0 saturated carbocycles. The lowest BCUT2D eigenvalue weighted by atomic mass is 9.94. The van der Waals surface area contributed by atoms with E-state index in [0.29, 0.717) is 11.5 Å². The molecule has 0 radical (unpaired) electrons. The van der Waals surface area contributed by atoms with Gasteiger partial charge in [0.2, 0.25) is 0 Å². The van der Waals surface area contributed by atoms with Gasteiger partial charge in [-0.2, -0.15) is 0 Å². The fraction of sp³-hybridized carbons (Fsp3) is 0.250. The number of methoxy groups -OCH3 is 1. The number of rotatable bonds is 3. The summed E-state index contributed by atoms with van der Waals surface area (Å²) in [6.07, 6.45) is 1.97. The SMILES string of the molecule is COc1cc(C)c(C=C2C(=O)Nc3ccccc32)cc1C(C)C. The summed E-state index contributed by atoms with van der Waals surface area (Å²) < 4.78 is 5.49. The second kappa shape index (κ2) is 5.92. The third-order valence-electron chi connectivity index (χ3n) is 4.25. The average molecular weight is 307 g/mol. The van der Waals surface area contributed by atoms with Crippen molar-refractivity contribution in [2.75, 3.05) is 12.4 Å². The van der Waals surface area contributed by atoms with E-state index >= 15 is 0 Å². The van der Waals surface area contributed by atoms with Crippen molar-refractivity contribution in [1.82, 2.24) is 0 Å². The minimum atomic E-state index is -0.0486. The molecule has 1 aliphatic heterocycles. The molecule has 3 rings (SSSR count). The molecule has 0 atom stereocenters. The summed E-state index contributed by atoms with van der Waals surface area (Å²) in [5, 5.41) is 2.92. The molecule has 0 unspecified atom stereocenters. The van der Waals surface area contributed by atoms with Crippen LogP contribution in [0.5, 0.6) is 5.75 Å². The molecule has 0 spiro atoms. The summed E-state index contributed by atoms with van der Waals surface area (Å²) in [6, 6.07) is 11.9. The van der Waals surface area contributed by atoms with E-state index in [-0.39, 0.29) is 5.91 Å². The first kappa shape index (κ1) is 15.3. The molecule has 0 aromatic heterocycles. The molecule has 3 heteroatoms. The summed E-state index contributed by atoms with van der Waals surface area (Å²) in [7, 11) is 1.69. The van der Waals surface area contributed by atoms with Crippen LogP contribution in [0.1, 0.15) is 42.0 Å². The van der Waals surface area contributed by atoms with Crippen molar-refractivity contribution in [3.8, 4) is 5.75 Å². The van der Waals surface area contributed by atoms with Crippen molar-refractivity contribution in [2.45, 2.75) is 26.7 Å². The zero-order valence-electron chi connectivity index (χ0n) is 13.9. The largest absolute Gasteiger partial charge is 0.496 e. The molecule has 118 valence electrons. The molecule has 0 saturated heterocycles. The van der Waals surface area contributed by atoms with Crippen LogP contribution in [0.25, 0.3) is 11.6 Å². The van der Waals surface area contributed by atoms with Crippen molar-refractivity contribution in [1.29, 1.82) is 0 Å². The Kier molecular flexibility index (Phi) is 3.95. The van der Waals surface area contributed by atoms with Gasteiger partial charge in [-0.05, 0) is 53.8 Å². The number of hydrogen-bond acceptors (Lipinski definition) is 2. The monoisotopic (exact) mass is 307 g/mol. The number of anilines is 1. The Labute approximate surface area is 137 Å². The van der Waals surface area contributed by atoms with Gasteiger partial charge < -0.3 is 10.1 Å². The number of nitrogens with one attached hydrogen (secondary N) is 1. The molecule has 2 aromatic carbocycles. The van der Waals surface area contributed by atoms with Gasteiger partial charge in [0.05, 0.1) is 7.11 Å². The number of amides is 1. The van der Waals surface area contributed by atoms with Crippen LogP contribution >= 0.6 is 0 Å². The summed E-state index contributed by atoms with van der Waals surface area (Å²) in [5.41, 5.74) is 5.84. The molecule has 0 bridgehead atoms. The topological polar surface area (TPSA) is 38.3 Å². The standard InChI is InChI=1S/C20H21NO2/c1-12(2)16-10-14(13(3)9-19(16)23-4)11-17-15-7-5-6-8-18(15)21-20(17)22/h5-12H,1-4H3,(H,21,22). The van der Waals surface area contributed by atoms with Crippen LogP contribution in [0.4, 0.5) is 5.69 Å². The molecule has 23 heavy (non-hydrogen) atoms. The lowest BCUT2D eigenvalue weighted by Gasteiger charge is -2.15. The van der Waals surface area contributed by atoms with Gasteiger partial charge >= 0.3 is 0 Å². The van der Waals surface area contributed by atoms with E-state index in [1.807, 2.05) is 43.3 Å². The third kappa shape index (κ3) is 2.74. The van der Waals surface area contributed by atoms with Crippen LogP contribution in [-0.2, 0) is 4.79 Å². The van der Waals surface area contributed by atoms with E-state index in [9.17, 15) is 4.79 Å². The Balaban J connectivity index is 2.13. The molecule has 0 fully saturated rings. The van der Waals surface area contributed by atoms with E-state index in [2.05, 4.69) is 25.2 Å². The van der Waals surface area contributed by atoms with Crippen molar-refractivity contribution < 1.29 is 9.53 Å². The van der Waals surface area contributed by atoms with Crippen molar-refractivity contribution in [2.24, 2.45) is 0 Å². The van der Waals surface area contributed by atoms with Gasteiger partial charge in [-0.3, -0.25) is 4.79 Å². The fourth-order valence-electron chi connectivity index (χ4n) is 2.94. The van der Waals surface area contributed by atoms with E-state index in [4.69, 9.17) is 4.74 Å². The van der Waals surface area contributed by atoms with E-state index < -0.39 is 0 Å². The van der Waals surface area contributed by atoms with Crippen molar-refractivity contribution in [3.63, 3.8) is 0 Å². The molecule has 2 aromatic rings. The lowest BCUT2D eigenvalue weighted by Crippen LogP contribution is -2.04. The van der Waals surface area contributed by atoms with Crippen LogP contribution < -0.4 is 10.1 Å². The zero-order chi connectivity index (χ0) is 16.6. The van der Waals surface area contributed by atoms with Crippen LogP contribution in [0, 0.1) is 6.92 Å². The number of ether oxygens (including phenoxy) is 1. The van der Waals surface area contributed by atoms with Crippen LogP contribution in [0.15, 0.2) is 36.4 Å². The van der Waals surface area contributed by atoms with E-state index in [1.54, 1.807) is 7.11 Å². The highest BCUT2D eigenvalue weighted by atomic mass is 16.5. The number of aryl methyl sites for hydroxylation is 1. The molecule has 1 N–H and O–H groups in total. The second-order valence-electron chi connectivity index (χ2n) is 6.16. The van der Waals surface area contributed by atoms with Gasteiger partial charge in [0.1, 0.15) is 5.75 Å². The molecule has 1 heterocycles. The predicted octanol–water partition coefficient (Wildman–Crippen LogP) is 4.62. The average Bonchev–Trinajstić information content (AvgIpc) is 2.84. The second-order valence-corrected chi connectivity index (χ2v) is 6.16. The van der Waals surface area contributed by atoms with E-state index in [0.717, 1.165) is 33.7 Å². The van der Waals surface area contributed by atoms with E-state index in [1.165, 1.54) is 0 Å². The van der Waals surface area contributed by atoms with Crippen LogP contribution in [-0.4, -0.2) is 13.0 Å². The van der Waals surface area contributed by atoms with Gasteiger partial charge in [-0.15, -0.1) is 0 Å². The first-order chi connectivity index (χ1) is 11.0. The summed E-state index contributed by atoms with van der Waals surface area (Å²) in [6.45, 7) is 6.32. The first-order valence-electron chi connectivity index (χ1n) is 7.82. The molecule has 1 amide bonds. The smallest absolute Gasteiger partial charge is 0.256 e. The normalized spacial score (nSPS) is 15.0. The number of para-hydroxylation sites is 1. The van der Waals surface area contributed by atoms with Gasteiger partial charge in [0.25, 0.3) is 5.91 Å². The number of benzene rings is 2. The maximum atomic E-state index is 12.3. The summed E-state index contributed by atoms with van der Waals surface area (Å²) >= 11 is 0. The van der Waals surface area contributed by atoms with Crippen LogP contribution in [0.3, 0.4) is 0 Å². The Morgan fingerprint density at radius 2 is 1.91 bits per heavy atom. The summed E-state index contributed by atoms with van der Waals surface area (Å²) in [4.78, 5) is 12.3. The van der Waals surface area contributed by atoms with Gasteiger partial charge in [-0.1, -0.05) is 32.0 Å². The quantitative estimate of drug-likeness (QED) is 0.840. The van der Waals surface area contributed by atoms with Gasteiger partial charge in [-0.25, -0.2) is 0 Å². The van der Waals surface area contributed by atoms with Crippen molar-refractivity contribution in [3.05, 3.63) is 58.7 Å². The molecule has 1 aliphatic rings. The molecule has 0 aliphatic carbocycles. The number of carbonyl (C=O) groups is 1. The van der Waals surface area contributed by atoms with Crippen LogP contribution in [0.2, 0.25) is 0 Å². The number of carbonyl (C=O) groups excluding carboxylic acids is 1. The zero-order valence-corrected chi connectivity index (χ0v) is 13.9. The Bertz CT molecular complexity index is 803. The first-order valence-corrected chi connectivity index (χ1v) is 7.82. The highest BCUT2D eigenvalue weighted by Gasteiger charge is 2.23. The minimum Gasteiger partial charge on any atom is -0.496 e. The highest BCUT2D eigenvalue weighted by Crippen LogP contribution is 2.35. The fourth-order valence-corrected chi connectivity index (χ4v) is 2.94. The lowest BCUT2D eigenvalue weighted by molar-refractivity contribution is -0.110. The Morgan fingerprint density at radius 3 is 2.61 bits per heavy atom. The molecule has 3 nitrogen and oxygen atoms in total. The predicted molar refractivity (Wildman–Crippen MR) is 94.8 cm³/mol. The van der Waals surface area contributed by atoms with Gasteiger partial charge in [0.15, 0.2) is 0 Å². The van der Waals surface area contributed by atoms with Crippen molar-refractivity contribution >= 4 is 23.2 Å². The maximum absolute atomic E-state index is 12.3. The highest BCUT2D eigenvalue weighted by molar-refractivity contribution is 6.34. The minimum absolute atomic E-state index is 0.0486. The third-order valence-corrected chi connectivity index (χ3v) is 4.25.